The van der Waals surface area contributed by atoms with E-state index in [1.807, 2.05) is 36.4 Å². The molecule has 23 rings (SSSR count). The van der Waals surface area contributed by atoms with Gasteiger partial charge >= 0.3 is 0 Å². The molecule has 7 heterocycles. The molecule has 0 aliphatic carbocycles. The summed E-state index contributed by atoms with van der Waals surface area (Å²) in [4.78, 5) is 16.0. The molecule has 0 saturated carbocycles. The largest absolute Gasteiger partial charge is 0.456 e. The lowest BCUT2D eigenvalue weighted by atomic mass is 10.0. The zero-order valence-corrected chi connectivity index (χ0v) is 57.9. The Labute approximate surface area is 616 Å². The van der Waals surface area contributed by atoms with Gasteiger partial charge in [-0.25, -0.2) is 15.0 Å². The number of benzene rings is 16. The molecule has 9 nitrogen and oxygen atoms in total. The number of nitrogens with zero attached hydrogens (tertiary/aromatic N) is 6. The summed E-state index contributed by atoms with van der Waals surface area (Å²) in [6.45, 7) is 0. The third kappa shape index (κ3) is 9.42. The summed E-state index contributed by atoms with van der Waals surface area (Å²) in [7, 11) is 0. The van der Waals surface area contributed by atoms with Gasteiger partial charge in [0, 0.05) is 98.4 Å². The molecule has 0 saturated heterocycles. The summed E-state index contributed by atoms with van der Waals surface area (Å²) in [6, 6.07) is 126. The molecule has 0 unspecified atom stereocenters. The average molecular weight is 1380 g/mol. The molecule has 0 spiro atoms. The zero-order valence-electron chi connectivity index (χ0n) is 57.9. The summed E-state index contributed by atoms with van der Waals surface area (Å²) in [6.07, 6.45) is 0. The second-order valence-corrected chi connectivity index (χ2v) is 28.2. The topological polar surface area (TPSA) is 92.9 Å². The van der Waals surface area contributed by atoms with Crippen LogP contribution in [0.2, 0.25) is 0 Å². The fourth-order valence-electron chi connectivity index (χ4n) is 16.9. The van der Waals surface area contributed by atoms with Crippen LogP contribution in [0.25, 0.3) is 227 Å². The molecule has 23 aromatic rings. The van der Waals surface area contributed by atoms with E-state index in [9.17, 15) is 0 Å². The molecule has 0 aliphatic rings. The first kappa shape index (κ1) is 59.8. The van der Waals surface area contributed by atoms with Gasteiger partial charge in [-0.3, -0.25) is 0 Å². The molecule has 0 fully saturated rings. The SMILES string of the molecule is c1ccc2c(c1)oc1cc(-c3ccc4c5ccccc5n(-c5ccc(-c6ccc(-c7nc(-c8ccc(-n9c%10ccccc%10c%10ccc(-c%11ccc%12c(c%11)oc%11ccccc%11%12)cc%109)cc8)nc(-c8ccc(-n9c%10ccccc%10c%10ccc(-c%11ccc%12c(c%11)oc%11ccccc%11%12)cc%109)cc8)n7)cc6)cc5)c4c3)ccc12. The van der Waals surface area contributed by atoms with E-state index >= 15 is 0 Å². The van der Waals surface area contributed by atoms with E-state index in [2.05, 4.69) is 329 Å². The number of rotatable bonds is 10. The predicted molar refractivity (Wildman–Crippen MR) is 443 cm³/mol. The number of hydrogen-bond donors (Lipinski definition) is 0. The van der Waals surface area contributed by atoms with E-state index in [4.69, 9.17) is 28.2 Å². The van der Waals surface area contributed by atoms with E-state index in [0.717, 1.165) is 177 Å². The van der Waals surface area contributed by atoms with Crippen molar-refractivity contribution in [2.24, 2.45) is 0 Å². The summed E-state index contributed by atoms with van der Waals surface area (Å²) >= 11 is 0. The van der Waals surface area contributed by atoms with Crippen LogP contribution in [-0.2, 0) is 0 Å². The van der Waals surface area contributed by atoms with Crippen molar-refractivity contribution in [3.8, 4) is 95.7 Å². The van der Waals surface area contributed by atoms with E-state index in [1.54, 1.807) is 0 Å². The number of fused-ring (bicyclic) bond motifs is 18. The van der Waals surface area contributed by atoms with Crippen molar-refractivity contribution < 1.29 is 13.3 Å². The average Bonchev–Trinajstić information content (AvgIpc) is 1.49. The minimum atomic E-state index is 0.566. The number of furan rings is 3. The Hall–Kier alpha value is -14.7. The van der Waals surface area contributed by atoms with Gasteiger partial charge in [-0.15, -0.1) is 0 Å². The molecule has 0 amide bonds. The lowest BCUT2D eigenvalue weighted by Crippen LogP contribution is -2.01. The maximum Gasteiger partial charge on any atom is 0.164 e. The van der Waals surface area contributed by atoms with Gasteiger partial charge < -0.3 is 27.0 Å². The van der Waals surface area contributed by atoms with Crippen molar-refractivity contribution in [2.75, 3.05) is 0 Å². The summed E-state index contributed by atoms with van der Waals surface area (Å²) in [5.41, 5.74) is 26.5. The zero-order chi connectivity index (χ0) is 70.7. The van der Waals surface area contributed by atoms with Crippen LogP contribution in [0.5, 0.6) is 0 Å². The highest BCUT2D eigenvalue weighted by Gasteiger charge is 2.22. The quantitative estimate of drug-likeness (QED) is 0.135. The molecular formula is C99H58N6O3. The Bertz CT molecular complexity index is 7360. The van der Waals surface area contributed by atoms with Crippen molar-refractivity contribution in [1.82, 2.24) is 28.7 Å². The third-order valence-electron chi connectivity index (χ3n) is 22.2. The fourth-order valence-corrected chi connectivity index (χ4v) is 16.9. The van der Waals surface area contributed by atoms with Crippen LogP contribution in [0.15, 0.2) is 365 Å². The van der Waals surface area contributed by atoms with Crippen LogP contribution < -0.4 is 0 Å². The van der Waals surface area contributed by atoms with E-state index in [-0.39, 0.29) is 0 Å². The Balaban J connectivity index is 0.609. The Kier molecular flexibility index (Phi) is 13.0. The van der Waals surface area contributed by atoms with Gasteiger partial charge in [-0.2, -0.15) is 0 Å². The minimum Gasteiger partial charge on any atom is -0.456 e. The van der Waals surface area contributed by atoms with Crippen molar-refractivity contribution in [1.29, 1.82) is 0 Å². The summed E-state index contributed by atoms with van der Waals surface area (Å²) in [5.74, 6) is 1.70. The molecule has 0 radical (unpaired) electrons. The van der Waals surface area contributed by atoms with Crippen LogP contribution >= 0.6 is 0 Å². The molecule has 108 heavy (non-hydrogen) atoms. The molecule has 0 N–H and O–H groups in total. The standard InChI is InChI=1S/C99H58N6O3/c1-7-19-85-73(13-1)76-47-35-64(67-38-50-82-79-16-4-10-22-91(79)106-94(82)56-67)53-88(76)103(85)70-41-29-60(30-42-70)59-25-27-61(28-26-59)97-100-98(62-31-43-71(44-32-62)104-86-20-8-2-14-74(86)77-48-36-65(54-89(77)104)68-39-51-83-80-17-5-11-23-92(80)107-95(83)57-68)102-99(101-97)63-33-45-72(46-34-63)105-87-21-9-3-15-75(87)78-49-37-66(55-90(78)105)69-40-52-84-81-18-6-12-24-93(81)108-96(84)58-69/h1-58H. The van der Waals surface area contributed by atoms with Crippen LogP contribution in [-0.4, -0.2) is 28.7 Å². The highest BCUT2D eigenvalue weighted by atomic mass is 16.3. The van der Waals surface area contributed by atoms with Crippen molar-refractivity contribution in [2.45, 2.75) is 0 Å². The normalized spacial score (nSPS) is 12.1. The molecule has 16 aromatic carbocycles. The minimum absolute atomic E-state index is 0.566. The van der Waals surface area contributed by atoms with Gasteiger partial charge in [0.2, 0.25) is 0 Å². The van der Waals surface area contributed by atoms with E-state index < -0.39 is 0 Å². The fraction of sp³-hybridized carbons (Fsp3) is 0. The first-order valence-corrected chi connectivity index (χ1v) is 36.5. The molecule has 502 valence electrons. The molecule has 7 aromatic heterocycles. The molecule has 0 atom stereocenters. The predicted octanol–water partition coefficient (Wildman–Crippen LogP) is 26.5. The van der Waals surface area contributed by atoms with Gasteiger partial charge in [-0.1, -0.05) is 200 Å². The second-order valence-electron chi connectivity index (χ2n) is 28.2. The van der Waals surface area contributed by atoms with E-state index in [1.165, 1.54) is 32.3 Å². The van der Waals surface area contributed by atoms with Gasteiger partial charge in [0.05, 0.1) is 33.1 Å². The molecular weight excluding hydrogens is 1320 g/mol. The van der Waals surface area contributed by atoms with Crippen molar-refractivity contribution in [3.63, 3.8) is 0 Å². The third-order valence-corrected chi connectivity index (χ3v) is 22.2. The second kappa shape index (κ2) is 23.4. The van der Waals surface area contributed by atoms with Gasteiger partial charge in [-0.05, 0) is 196 Å². The number of aromatic nitrogens is 6. The van der Waals surface area contributed by atoms with Crippen LogP contribution in [0, 0.1) is 0 Å². The number of para-hydroxylation sites is 6. The molecule has 0 aliphatic heterocycles. The Morgan fingerprint density at radius 3 is 0.685 bits per heavy atom. The van der Waals surface area contributed by atoms with Crippen LogP contribution in [0.4, 0.5) is 0 Å². The van der Waals surface area contributed by atoms with Crippen molar-refractivity contribution in [3.05, 3.63) is 352 Å². The molecule has 9 heteroatoms. The first-order valence-electron chi connectivity index (χ1n) is 36.5. The first-order chi connectivity index (χ1) is 53.5. The van der Waals surface area contributed by atoms with Crippen molar-refractivity contribution >= 4 is 131 Å². The summed E-state index contributed by atoms with van der Waals surface area (Å²) < 4.78 is 26.2. The lowest BCUT2D eigenvalue weighted by Gasteiger charge is -2.13. The maximum absolute atomic E-state index is 6.38. The van der Waals surface area contributed by atoms with Crippen LogP contribution in [0.3, 0.4) is 0 Å². The number of hydrogen-bond acceptors (Lipinski definition) is 6. The smallest absolute Gasteiger partial charge is 0.164 e. The van der Waals surface area contributed by atoms with Crippen LogP contribution in [0.1, 0.15) is 0 Å². The van der Waals surface area contributed by atoms with Gasteiger partial charge in [0.1, 0.15) is 33.5 Å². The van der Waals surface area contributed by atoms with E-state index in [0.29, 0.717) is 17.5 Å². The summed E-state index contributed by atoms with van der Waals surface area (Å²) in [5, 5.41) is 13.8. The Morgan fingerprint density at radius 1 is 0.157 bits per heavy atom. The monoisotopic (exact) mass is 1380 g/mol. The Morgan fingerprint density at radius 2 is 0.370 bits per heavy atom. The van der Waals surface area contributed by atoms with Gasteiger partial charge in [0.15, 0.2) is 17.5 Å². The van der Waals surface area contributed by atoms with Gasteiger partial charge in [0.25, 0.3) is 0 Å². The maximum atomic E-state index is 6.38. The highest BCUT2D eigenvalue weighted by molar-refractivity contribution is 6.15. The lowest BCUT2D eigenvalue weighted by molar-refractivity contribution is 0.668. The molecule has 0 bridgehead atoms. The highest BCUT2D eigenvalue weighted by Crippen LogP contribution is 2.43.